The molecule has 5 heteroatoms. The van der Waals surface area contributed by atoms with Crippen molar-refractivity contribution in [1.29, 1.82) is 0 Å². The fourth-order valence-corrected chi connectivity index (χ4v) is 2.24. The normalized spacial score (nSPS) is 23.9. The number of ether oxygens (including phenoxy) is 2. The summed E-state index contributed by atoms with van der Waals surface area (Å²) in [5.74, 6) is 0.584. The van der Waals surface area contributed by atoms with Crippen LogP contribution in [0, 0.1) is 5.92 Å². The van der Waals surface area contributed by atoms with Gasteiger partial charge in [-0.05, 0) is 25.6 Å². The van der Waals surface area contributed by atoms with Gasteiger partial charge in [-0.2, -0.15) is 0 Å². The number of likely N-dealkylation sites (N-methyl/N-ethyl adjacent to an activating group) is 1. The summed E-state index contributed by atoms with van der Waals surface area (Å²) in [5, 5.41) is 0. The molecule has 2 heterocycles. The molecule has 0 aliphatic carbocycles. The van der Waals surface area contributed by atoms with Crippen molar-refractivity contribution in [2.45, 2.75) is 12.5 Å². The Morgan fingerprint density at radius 3 is 3.11 bits per heavy atom. The zero-order valence-corrected chi connectivity index (χ0v) is 10.7. The van der Waals surface area contributed by atoms with Crippen molar-refractivity contribution in [2.75, 3.05) is 27.3 Å². The minimum Gasteiger partial charge on any atom is -0.490 e. The van der Waals surface area contributed by atoms with Gasteiger partial charge in [0, 0.05) is 18.8 Å². The highest BCUT2D eigenvalue weighted by molar-refractivity contribution is 5.73. The van der Waals surface area contributed by atoms with Crippen molar-refractivity contribution in [3.05, 3.63) is 24.5 Å². The molecule has 1 fully saturated rings. The van der Waals surface area contributed by atoms with Gasteiger partial charge < -0.3 is 9.47 Å². The third kappa shape index (κ3) is 2.98. The molecule has 1 aromatic heterocycles. The maximum atomic E-state index is 11.5. The van der Waals surface area contributed by atoms with E-state index in [-0.39, 0.29) is 17.9 Å². The standard InChI is InChI=1S/C13H18N2O3/c1-15-8-10(13(16)17-2)6-11(15)9-18-12-4-3-5-14-7-12/h3-5,7,10-11H,6,8-9H2,1-2H3/t10-,11+/m1/s1. The Morgan fingerprint density at radius 1 is 1.61 bits per heavy atom. The highest BCUT2D eigenvalue weighted by atomic mass is 16.5. The summed E-state index contributed by atoms with van der Waals surface area (Å²) in [4.78, 5) is 17.6. The van der Waals surface area contributed by atoms with Crippen LogP contribution in [0.15, 0.2) is 24.5 Å². The molecule has 1 aliphatic rings. The van der Waals surface area contributed by atoms with Gasteiger partial charge in [0.1, 0.15) is 12.4 Å². The molecule has 2 rings (SSSR count). The van der Waals surface area contributed by atoms with Crippen LogP contribution >= 0.6 is 0 Å². The van der Waals surface area contributed by atoms with Gasteiger partial charge >= 0.3 is 5.97 Å². The summed E-state index contributed by atoms with van der Waals surface area (Å²) in [6, 6.07) is 3.96. The molecular weight excluding hydrogens is 232 g/mol. The van der Waals surface area contributed by atoms with E-state index in [1.165, 1.54) is 7.11 Å². The Bertz CT molecular complexity index is 396. The van der Waals surface area contributed by atoms with Crippen molar-refractivity contribution in [3.63, 3.8) is 0 Å². The van der Waals surface area contributed by atoms with Crippen LogP contribution in [-0.2, 0) is 9.53 Å². The predicted octanol–water partition coefficient (Wildman–Crippen LogP) is 0.954. The second-order valence-electron chi connectivity index (χ2n) is 4.55. The molecule has 0 saturated carbocycles. The molecule has 0 N–H and O–H groups in total. The SMILES string of the molecule is COC(=O)[C@@H]1C[C@@H](COc2cccnc2)N(C)C1. The van der Waals surface area contributed by atoms with Gasteiger partial charge in [-0.3, -0.25) is 14.7 Å². The predicted molar refractivity (Wildman–Crippen MR) is 66.3 cm³/mol. The number of carbonyl (C=O) groups excluding carboxylic acids is 1. The number of likely N-dealkylation sites (tertiary alicyclic amines) is 1. The van der Waals surface area contributed by atoms with E-state index in [1.807, 2.05) is 19.2 Å². The van der Waals surface area contributed by atoms with Crippen LogP contribution in [0.5, 0.6) is 5.75 Å². The van der Waals surface area contributed by atoms with Crippen molar-refractivity contribution in [2.24, 2.45) is 5.92 Å². The molecule has 18 heavy (non-hydrogen) atoms. The first-order chi connectivity index (χ1) is 8.70. The lowest BCUT2D eigenvalue weighted by Crippen LogP contribution is -2.30. The zero-order chi connectivity index (χ0) is 13.0. The summed E-state index contributed by atoms with van der Waals surface area (Å²) in [6.07, 6.45) is 4.18. The Morgan fingerprint density at radius 2 is 2.44 bits per heavy atom. The first kappa shape index (κ1) is 12.8. The van der Waals surface area contributed by atoms with Gasteiger partial charge in [0.2, 0.25) is 0 Å². The molecule has 0 spiro atoms. The maximum Gasteiger partial charge on any atom is 0.310 e. The van der Waals surface area contributed by atoms with E-state index in [4.69, 9.17) is 9.47 Å². The lowest BCUT2D eigenvalue weighted by Gasteiger charge is -2.19. The number of carbonyl (C=O) groups is 1. The molecule has 0 unspecified atom stereocenters. The number of methoxy groups -OCH3 is 1. The lowest BCUT2D eigenvalue weighted by molar-refractivity contribution is -0.144. The van der Waals surface area contributed by atoms with Crippen LogP contribution in [0.1, 0.15) is 6.42 Å². The van der Waals surface area contributed by atoms with Gasteiger partial charge in [-0.15, -0.1) is 0 Å². The summed E-state index contributed by atoms with van der Waals surface area (Å²) in [7, 11) is 3.43. The molecule has 1 saturated heterocycles. The van der Waals surface area contributed by atoms with Gasteiger partial charge in [-0.25, -0.2) is 0 Å². The number of esters is 1. The van der Waals surface area contributed by atoms with Crippen LogP contribution in [0.25, 0.3) is 0 Å². The summed E-state index contributed by atoms with van der Waals surface area (Å²) < 4.78 is 10.4. The number of aromatic nitrogens is 1. The van der Waals surface area contributed by atoms with Crippen LogP contribution in [0.4, 0.5) is 0 Å². The lowest BCUT2D eigenvalue weighted by atomic mass is 10.1. The van der Waals surface area contributed by atoms with Crippen molar-refractivity contribution >= 4 is 5.97 Å². The number of rotatable bonds is 4. The van der Waals surface area contributed by atoms with Gasteiger partial charge in [0.05, 0.1) is 19.2 Å². The summed E-state index contributed by atoms with van der Waals surface area (Å²) in [5.41, 5.74) is 0. The highest BCUT2D eigenvalue weighted by Crippen LogP contribution is 2.23. The minimum absolute atomic E-state index is 0.0394. The molecule has 1 aliphatic heterocycles. The van der Waals surface area contributed by atoms with E-state index in [1.54, 1.807) is 12.4 Å². The second kappa shape index (κ2) is 5.82. The topological polar surface area (TPSA) is 51.7 Å². The first-order valence-electron chi connectivity index (χ1n) is 6.01. The molecular formula is C13H18N2O3. The molecule has 1 aromatic rings. The summed E-state index contributed by atoms with van der Waals surface area (Å²) >= 11 is 0. The maximum absolute atomic E-state index is 11.5. The molecule has 0 bridgehead atoms. The third-order valence-corrected chi connectivity index (χ3v) is 3.30. The fraction of sp³-hybridized carbons (Fsp3) is 0.538. The fourth-order valence-electron chi connectivity index (χ4n) is 2.24. The smallest absolute Gasteiger partial charge is 0.310 e. The molecule has 0 radical (unpaired) electrons. The Hall–Kier alpha value is -1.62. The average Bonchev–Trinajstić information content (AvgIpc) is 2.78. The minimum atomic E-state index is -0.134. The highest BCUT2D eigenvalue weighted by Gasteiger charge is 2.34. The largest absolute Gasteiger partial charge is 0.490 e. The Kier molecular flexibility index (Phi) is 4.15. The molecule has 98 valence electrons. The van der Waals surface area contributed by atoms with Gasteiger partial charge in [0.15, 0.2) is 0 Å². The second-order valence-corrected chi connectivity index (χ2v) is 4.55. The van der Waals surface area contributed by atoms with Crippen LogP contribution < -0.4 is 4.74 Å². The number of pyridine rings is 1. The molecule has 0 aromatic carbocycles. The van der Waals surface area contributed by atoms with E-state index < -0.39 is 0 Å². The average molecular weight is 250 g/mol. The number of nitrogens with zero attached hydrogens (tertiary/aromatic N) is 2. The Labute approximate surface area is 107 Å². The van der Waals surface area contributed by atoms with E-state index >= 15 is 0 Å². The van der Waals surface area contributed by atoms with Crippen molar-refractivity contribution in [1.82, 2.24) is 9.88 Å². The first-order valence-corrected chi connectivity index (χ1v) is 6.01. The van der Waals surface area contributed by atoms with E-state index in [0.717, 1.165) is 18.7 Å². The molecule has 5 nitrogen and oxygen atoms in total. The molecule has 2 atom stereocenters. The van der Waals surface area contributed by atoms with E-state index in [9.17, 15) is 4.79 Å². The summed E-state index contributed by atoms with van der Waals surface area (Å²) in [6.45, 7) is 1.30. The monoisotopic (exact) mass is 250 g/mol. The third-order valence-electron chi connectivity index (χ3n) is 3.30. The van der Waals surface area contributed by atoms with Crippen LogP contribution in [0.2, 0.25) is 0 Å². The Balaban J connectivity index is 1.85. The van der Waals surface area contributed by atoms with Crippen molar-refractivity contribution < 1.29 is 14.3 Å². The van der Waals surface area contributed by atoms with Gasteiger partial charge in [0.25, 0.3) is 0 Å². The zero-order valence-electron chi connectivity index (χ0n) is 10.7. The van der Waals surface area contributed by atoms with Gasteiger partial charge in [-0.1, -0.05) is 0 Å². The number of hydrogen-bond donors (Lipinski definition) is 0. The van der Waals surface area contributed by atoms with Crippen LogP contribution in [-0.4, -0.2) is 49.2 Å². The molecule has 0 amide bonds. The van der Waals surface area contributed by atoms with Crippen LogP contribution in [0.3, 0.4) is 0 Å². The van der Waals surface area contributed by atoms with Crippen molar-refractivity contribution in [3.8, 4) is 5.75 Å². The van der Waals surface area contributed by atoms with E-state index in [2.05, 4.69) is 9.88 Å². The van der Waals surface area contributed by atoms with E-state index in [0.29, 0.717) is 6.61 Å². The quantitative estimate of drug-likeness (QED) is 0.745. The number of hydrogen-bond acceptors (Lipinski definition) is 5.